The van der Waals surface area contributed by atoms with Crippen LogP contribution in [0, 0.1) is 30.9 Å². The molecule has 8 heteroatoms. The number of esters is 1. The summed E-state index contributed by atoms with van der Waals surface area (Å²) in [5, 5.41) is 13.5. The Morgan fingerprint density at radius 3 is 2.56 bits per heavy atom. The Labute approximate surface area is 144 Å². The van der Waals surface area contributed by atoms with E-state index in [2.05, 4.69) is 10.3 Å². The van der Waals surface area contributed by atoms with Gasteiger partial charge in [-0.15, -0.1) is 0 Å². The first kappa shape index (κ1) is 18.2. The van der Waals surface area contributed by atoms with Crippen LogP contribution in [0.15, 0.2) is 18.2 Å². The zero-order valence-electron chi connectivity index (χ0n) is 14.4. The number of anilines is 1. The normalized spacial score (nSPS) is 10.4. The number of nitrogens with zero attached hydrogens (tertiary/aromatic N) is 1. The number of nitro benzene ring substituents is 1. The van der Waals surface area contributed by atoms with Crippen LogP contribution in [0.2, 0.25) is 0 Å². The number of carbonyl (C=O) groups excluding carboxylic acids is 2. The summed E-state index contributed by atoms with van der Waals surface area (Å²) in [7, 11) is 0. The number of rotatable bonds is 5. The van der Waals surface area contributed by atoms with Crippen molar-refractivity contribution < 1.29 is 19.2 Å². The molecule has 2 aromatic rings. The zero-order chi connectivity index (χ0) is 18.7. The van der Waals surface area contributed by atoms with Crippen LogP contribution in [0.4, 0.5) is 11.4 Å². The van der Waals surface area contributed by atoms with E-state index in [0.29, 0.717) is 28.1 Å². The third-order valence-corrected chi connectivity index (χ3v) is 3.82. The lowest BCUT2D eigenvalue weighted by atomic mass is 10.1. The van der Waals surface area contributed by atoms with Crippen molar-refractivity contribution in [2.75, 3.05) is 11.9 Å². The number of aryl methyl sites for hydroxylation is 2. The second-order valence-corrected chi connectivity index (χ2v) is 5.56. The molecule has 0 spiro atoms. The summed E-state index contributed by atoms with van der Waals surface area (Å²) in [6.07, 6.45) is 0. The minimum absolute atomic E-state index is 0.118. The van der Waals surface area contributed by atoms with E-state index in [1.807, 2.05) is 0 Å². The van der Waals surface area contributed by atoms with Gasteiger partial charge in [0.1, 0.15) is 5.69 Å². The second-order valence-electron chi connectivity index (χ2n) is 5.56. The van der Waals surface area contributed by atoms with Gasteiger partial charge < -0.3 is 15.0 Å². The number of non-ortho nitro benzene ring substituents is 1. The number of ether oxygens (including phenoxy) is 1. The highest BCUT2D eigenvalue weighted by molar-refractivity contribution is 6.07. The largest absolute Gasteiger partial charge is 0.462 e. The molecule has 0 atom stereocenters. The summed E-state index contributed by atoms with van der Waals surface area (Å²) >= 11 is 0. The summed E-state index contributed by atoms with van der Waals surface area (Å²) in [6.45, 7) is 6.99. The van der Waals surface area contributed by atoms with Crippen molar-refractivity contribution in [2.24, 2.45) is 0 Å². The number of aromatic nitrogens is 1. The number of nitrogens with one attached hydrogen (secondary N) is 2. The molecular formula is C17H19N3O5. The Morgan fingerprint density at radius 1 is 1.28 bits per heavy atom. The van der Waals surface area contributed by atoms with Gasteiger partial charge in [0.25, 0.3) is 11.6 Å². The third-order valence-electron chi connectivity index (χ3n) is 3.82. The molecule has 0 aliphatic heterocycles. The Bertz CT molecular complexity index is 854. The van der Waals surface area contributed by atoms with Crippen LogP contribution in [0.1, 0.15) is 44.6 Å². The van der Waals surface area contributed by atoms with Crippen molar-refractivity contribution in [3.8, 4) is 0 Å². The highest BCUT2D eigenvalue weighted by Gasteiger charge is 2.23. The molecule has 2 N–H and O–H groups in total. The van der Waals surface area contributed by atoms with Crippen molar-refractivity contribution in [1.82, 2.24) is 4.98 Å². The van der Waals surface area contributed by atoms with Gasteiger partial charge in [-0.3, -0.25) is 14.9 Å². The molecular weight excluding hydrogens is 326 g/mol. The lowest BCUT2D eigenvalue weighted by Gasteiger charge is -2.08. The number of aromatic amines is 1. The third kappa shape index (κ3) is 3.68. The van der Waals surface area contributed by atoms with Gasteiger partial charge in [-0.05, 0) is 38.8 Å². The number of nitro groups is 1. The Morgan fingerprint density at radius 2 is 1.96 bits per heavy atom. The topological polar surface area (TPSA) is 114 Å². The lowest BCUT2D eigenvalue weighted by molar-refractivity contribution is -0.384. The SMILES string of the molecule is CCOC(=O)c1c(C)[nH]c(C(=O)Nc2cc([N+](=O)[O-])ccc2C)c1C. The number of H-pyrrole nitrogens is 1. The van der Waals surface area contributed by atoms with Gasteiger partial charge in [0.05, 0.1) is 22.8 Å². The first-order chi connectivity index (χ1) is 11.8. The first-order valence-corrected chi connectivity index (χ1v) is 7.68. The number of benzene rings is 1. The fourth-order valence-electron chi connectivity index (χ4n) is 2.53. The molecule has 0 saturated heterocycles. The van der Waals surface area contributed by atoms with E-state index in [1.54, 1.807) is 33.8 Å². The fourth-order valence-corrected chi connectivity index (χ4v) is 2.53. The quantitative estimate of drug-likeness (QED) is 0.490. The Balaban J connectivity index is 2.34. The van der Waals surface area contributed by atoms with Gasteiger partial charge >= 0.3 is 5.97 Å². The monoisotopic (exact) mass is 345 g/mol. The van der Waals surface area contributed by atoms with Crippen LogP contribution >= 0.6 is 0 Å². The van der Waals surface area contributed by atoms with Gasteiger partial charge in [-0.1, -0.05) is 6.07 Å². The van der Waals surface area contributed by atoms with Crippen LogP contribution in [0.5, 0.6) is 0 Å². The fraction of sp³-hybridized carbons (Fsp3) is 0.294. The molecule has 0 saturated carbocycles. The molecule has 0 fully saturated rings. The summed E-state index contributed by atoms with van der Waals surface area (Å²) in [6, 6.07) is 4.23. The maximum atomic E-state index is 12.5. The number of amides is 1. The van der Waals surface area contributed by atoms with Gasteiger partial charge in [-0.2, -0.15) is 0 Å². The number of hydrogen-bond donors (Lipinski definition) is 2. The van der Waals surface area contributed by atoms with Crippen molar-refractivity contribution in [2.45, 2.75) is 27.7 Å². The van der Waals surface area contributed by atoms with Crippen molar-refractivity contribution in [3.05, 3.63) is 56.4 Å². The van der Waals surface area contributed by atoms with E-state index >= 15 is 0 Å². The van der Waals surface area contributed by atoms with Crippen molar-refractivity contribution in [3.63, 3.8) is 0 Å². The molecule has 25 heavy (non-hydrogen) atoms. The average Bonchev–Trinajstić information content (AvgIpc) is 2.84. The summed E-state index contributed by atoms with van der Waals surface area (Å²) in [4.78, 5) is 37.8. The van der Waals surface area contributed by atoms with E-state index in [1.165, 1.54) is 12.1 Å². The van der Waals surface area contributed by atoms with E-state index in [9.17, 15) is 19.7 Å². The standard InChI is InChI=1S/C17H19N3O5/c1-5-25-17(22)14-10(3)15(18-11(14)4)16(21)19-13-8-12(20(23)24)7-6-9(13)2/h6-8,18H,5H2,1-4H3,(H,19,21). The van der Waals surface area contributed by atoms with E-state index < -0.39 is 16.8 Å². The molecule has 8 nitrogen and oxygen atoms in total. The molecule has 1 aromatic heterocycles. The minimum atomic E-state index is -0.530. The Hall–Kier alpha value is -3.16. The molecule has 1 amide bonds. The van der Waals surface area contributed by atoms with E-state index in [-0.39, 0.29) is 18.0 Å². The molecule has 0 aliphatic rings. The smallest absolute Gasteiger partial charge is 0.340 e. The maximum absolute atomic E-state index is 12.5. The predicted octanol–water partition coefficient (Wildman–Crippen LogP) is 3.28. The van der Waals surface area contributed by atoms with Gasteiger partial charge in [-0.25, -0.2) is 4.79 Å². The summed E-state index contributed by atoms with van der Waals surface area (Å²) in [5.74, 6) is -0.987. The van der Waals surface area contributed by atoms with E-state index in [0.717, 1.165) is 0 Å². The van der Waals surface area contributed by atoms with Crippen LogP contribution in [0.3, 0.4) is 0 Å². The van der Waals surface area contributed by atoms with Crippen LogP contribution in [-0.4, -0.2) is 28.4 Å². The lowest BCUT2D eigenvalue weighted by Crippen LogP contribution is -2.15. The molecule has 2 rings (SSSR count). The van der Waals surface area contributed by atoms with Crippen LogP contribution in [-0.2, 0) is 4.74 Å². The maximum Gasteiger partial charge on any atom is 0.340 e. The molecule has 0 unspecified atom stereocenters. The summed E-state index contributed by atoms with van der Waals surface area (Å²) in [5.41, 5.74) is 2.43. The highest BCUT2D eigenvalue weighted by Crippen LogP contribution is 2.24. The first-order valence-electron chi connectivity index (χ1n) is 7.68. The zero-order valence-corrected chi connectivity index (χ0v) is 14.4. The molecule has 1 aromatic carbocycles. The minimum Gasteiger partial charge on any atom is -0.462 e. The highest BCUT2D eigenvalue weighted by atomic mass is 16.6. The van der Waals surface area contributed by atoms with Crippen molar-refractivity contribution in [1.29, 1.82) is 0 Å². The van der Waals surface area contributed by atoms with Crippen LogP contribution in [0.25, 0.3) is 0 Å². The molecule has 0 bridgehead atoms. The second kappa shape index (κ2) is 7.16. The Kier molecular flexibility index (Phi) is 5.21. The van der Waals surface area contributed by atoms with Gasteiger partial charge in [0, 0.05) is 17.8 Å². The number of carbonyl (C=O) groups is 2. The molecule has 132 valence electrons. The molecule has 0 radical (unpaired) electrons. The number of hydrogen-bond acceptors (Lipinski definition) is 5. The molecule has 1 heterocycles. The van der Waals surface area contributed by atoms with Crippen LogP contribution < -0.4 is 5.32 Å². The van der Waals surface area contributed by atoms with Gasteiger partial charge in [0.2, 0.25) is 0 Å². The average molecular weight is 345 g/mol. The van der Waals surface area contributed by atoms with Crippen molar-refractivity contribution >= 4 is 23.3 Å². The molecule has 0 aliphatic carbocycles. The summed E-state index contributed by atoms with van der Waals surface area (Å²) < 4.78 is 5.00. The van der Waals surface area contributed by atoms with E-state index in [4.69, 9.17) is 4.74 Å². The predicted molar refractivity (Wildman–Crippen MR) is 92.0 cm³/mol. The van der Waals surface area contributed by atoms with Gasteiger partial charge in [0.15, 0.2) is 0 Å².